The van der Waals surface area contributed by atoms with E-state index in [4.69, 9.17) is 5.84 Å². The van der Waals surface area contributed by atoms with Crippen LogP contribution in [0.2, 0.25) is 0 Å². The Morgan fingerprint density at radius 1 is 1.35 bits per heavy atom. The SMILES string of the molecule is Cc1cc(CC(NN)c2cccc(N(C)C)c2)n(C)n1. The first-order chi connectivity index (χ1) is 9.51. The van der Waals surface area contributed by atoms with Gasteiger partial charge in [0.05, 0.1) is 11.7 Å². The highest BCUT2D eigenvalue weighted by Gasteiger charge is 2.14. The van der Waals surface area contributed by atoms with Crippen molar-refractivity contribution in [3.8, 4) is 0 Å². The molecular formula is C15H23N5. The van der Waals surface area contributed by atoms with E-state index in [1.54, 1.807) is 0 Å². The monoisotopic (exact) mass is 273 g/mol. The van der Waals surface area contributed by atoms with Crippen molar-refractivity contribution in [3.63, 3.8) is 0 Å². The zero-order valence-corrected chi connectivity index (χ0v) is 12.6. The summed E-state index contributed by atoms with van der Waals surface area (Å²) >= 11 is 0. The standard InChI is InChI=1S/C15H23N5/c1-11-8-14(20(4)18-11)10-15(17-16)12-6-5-7-13(9-12)19(2)3/h5-9,15,17H,10,16H2,1-4H3. The lowest BCUT2D eigenvalue weighted by molar-refractivity contribution is 0.530. The molecule has 0 bridgehead atoms. The highest BCUT2D eigenvalue weighted by Crippen LogP contribution is 2.22. The van der Waals surface area contributed by atoms with Crippen molar-refractivity contribution in [2.75, 3.05) is 19.0 Å². The van der Waals surface area contributed by atoms with Gasteiger partial charge in [0, 0.05) is 38.9 Å². The van der Waals surface area contributed by atoms with Crippen molar-refractivity contribution in [1.82, 2.24) is 15.2 Å². The highest BCUT2D eigenvalue weighted by atomic mass is 15.3. The summed E-state index contributed by atoms with van der Waals surface area (Å²) in [6, 6.07) is 10.6. The third-order valence-electron chi connectivity index (χ3n) is 3.50. The van der Waals surface area contributed by atoms with E-state index in [9.17, 15) is 0 Å². The Morgan fingerprint density at radius 2 is 2.10 bits per heavy atom. The minimum atomic E-state index is 0.0738. The number of anilines is 1. The first-order valence-corrected chi connectivity index (χ1v) is 6.74. The molecule has 0 radical (unpaired) electrons. The first kappa shape index (κ1) is 14.6. The van der Waals surface area contributed by atoms with Crippen molar-refractivity contribution in [1.29, 1.82) is 0 Å². The molecule has 0 saturated carbocycles. The van der Waals surface area contributed by atoms with Crippen LogP contribution >= 0.6 is 0 Å². The molecule has 1 atom stereocenters. The zero-order chi connectivity index (χ0) is 14.7. The Balaban J connectivity index is 2.24. The number of aromatic nitrogens is 2. The molecule has 3 N–H and O–H groups in total. The van der Waals surface area contributed by atoms with Gasteiger partial charge in [-0.2, -0.15) is 5.10 Å². The number of benzene rings is 1. The van der Waals surface area contributed by atoms with Crippen molar-refractivity contribution < 1.29 is 0 Å². The molecule has 108 valence electrons. The second-order valence-electron chi connectivity index (χ2n) is 5.31. The summed E-state index contributed by atoms with van der Waals surface area (Å²) in [6.07, 6.45) is 0.810. The molecule has 0 amide bonds. The average molecular weight is 273 g/mol. The van der Waals surface area contributed by atoms with Gasteiger partial charge in [-0.15, -0.1) is 0 Å². The third-order valence-corrected chi connectivity index (χ3v) is 3.50. The lowest BCUT2D eigenvalue weighted by Crippen LogP contribution is -2.30. The lowest BCUT2D eigenvalue weighted by Gasteiger charge is -2.19. The number of hydrogen-bond donors (Lipinski definition) is 2. The Morgan fingerprint density at radius 3 is 2.65 bits per heavy atom. The summed E-state index contributed by atoms with van der Waals surface area (Å²) in [7, 11) is 6.04. The summed E-state index contributed by atoms with van der Waals surface area (Å²) in [6.45, 7) is 2.00. The minimum Gasteiger partial charge on any atom is -0.378 e. The van der Waals surface area contributed by atoms with Crippen LogP contribution in [-0.4, -0.2) is 23.9 Å². The lowest BCUT2D eigenvalue weighted by atomic mass is 10.0. The number of hydrogen-bond acceptors (Lipinski definition) is 4. The predicted molar refractivity (Wildman–Crippen MR) is 82.5 cm³/mol. The molecule has 5 heteroatoms. The Bertz CT molecular complexity index is 573. The zero-order valence-electron chi connectivity index (χ0n) is 12.6. The van der Waals surface area contributed by atoms with Crippen LogP contribution in [0.1, 0.15) is 23.0 Å². The number of hydrazine groups is 1. The average Bonchev–Trinajstić information content (AvgIpc) is 2.74. The predicted octanol–water partition coefficient (Wildman–Crippen LogP) is 1.54. The van der Waals surface area contributed by atoms with E-state index in [0.29, 0.717) is 0 Å². The number of nitrogens with one attached hydrogen (secondary N) is 1. The van der Waals surface area contributed by atoms with Crippen LogP contribution in [0.3, 0.4) is 0 Å². The largest absolute Gasteiger partial charge is 0.378 e. The second kappa shape index (κ2) is 6.07. The fourth-order valence-electron chi connectivity index (χ4n) is 2.36. The van der Waals surface area contributed by atoms with Crippen LogP contribution in [0.25, 0.3) is 0 Å². The van der Waals surface area contributed by atoms with Crippen LogP contribution in [0.5, 0.6) is 0 Å². The van der Waals surface area contributed by atoms with E-state index in [-0.39, 0.29) is 6.04 Å². The van der Waals surface area contributed by atoms with Crippen LogP contribution < -0.4 is 16.2 Å². The maximum atomic E-state index is 5.74. The molecule has 0 aliphatic rings. The van der Waals surface area contributed by atoms with Crippen LogP contribution in [0, 0.1) is 6.92 Å². The van der Waals surface area contributed by atoms with Crippen LogP contribution in [0.15, 0.2) is 30.3 Å². The number of rotatable bonds is 5. The highest BCUT2D eigenvalue weighted by molar-refractivity contribution is 5.48. The minimum absolute atomic E-state index is 0.0738. The van der Waals surface area contributed by atoms with Gasteiger partial charge in [-0.3, -0.25) is 16.0 Å². The second-order valence-corrected chi connectivity index (χ2v) is 5.31. The number of nitrogens with two attached hydrogens (primary N) is 1. The Hall–Kier alpha value is -1.85. The van der Waals surface area contributed by atoms with E-state index < -0.39 is 0 Å². The van der Waals surface area contributed by atoms with E-state index >= 15 is 0 Å². The van der Waals surface area contributed by atoms with Gasteiger partial charge >= 0.3 is 0 Å². The topological polar surface area (TPSA) is 59.1 Å². The van der Waals surface area contributed by atoms with Crippen LogP contribution in [-0.2, 0) is 13.5 Å². The quantitative estimate of drug-likeness (QED) is 0.641. The molecule has 20 heavy (non-hydrogen) atoms. The van der Waals surface area contributed by atoms with Gasteiger partial charge in [-0.25, -0.2) is 0 Å². The molecule has 0 aliphatic heterocycles. The molecule has 2 aromatic rings. The van der Waals surface area contributed by atoms with E-state index in [2.05, 4.69) is 45.8 Å². The van der Waals surface area contributed by atoms with Crippen molar-refractivity contribution in [3.05, 3.63) is 47.3 Å². The molecule has 1 aromatic heterocycles. The fourth-order valence-corrected chi connectivity index (χ4v) is 2.36. The molecule has 1 aromatic carbocycles. The number of aryl methyl sites for hydroxylation is 2. The van der Waals surface area contributed by atoms with E-state index in [1.807, 2.05) is 32.7 Å². The molecule has 1 unspecified atom stereocenters. The smallest absolute Gasteiger partial charge is 0.0596 e. The van der Waals surface area contributed by atoms with Gasteiger partial charge in [0.25, 0.3) is 0 Å². The normalized spacial score (nSPS) is 12.4. The molecule has 0 spiro atoms. The molecule has 2 rings (SSSR count). The maximum absolute atomic E-state index is 5.74. The Kier molecular flexibility index (Phi) is 4.42. The summed E-state index contributed by atoms with van der Waals surface area (Å²) in [5.74, 6) is 5.74. The van der Waals surface area contributed by atoms with Gasteiger partial charge < -0.3 is 4.90 Å². The van der Waals surface area contributed by atoms with Crippen LogP contribution in [0.4, 0.5) is 5.69 Å². The van der Waals surface area contributed by atoms with Gasteiger partial charge in [0.15, 0.2) is 0 Å². The first-order valence-electron chi connectivity index (χ1n) is 6.74. The van der Waals surface area contributed by atoms with Gasteiger partial charge in [-0.05, 0) is 30.7 Å². The van der Waals surface area contributed by atoms with E-state index in [0.717, 1.165) is 12.1 Å². The molecule has 0 fully saturated rings. The molecule has 0 saturated heterocycles. The molecule has 5 nitrogen and oxygen atoms in total. The summed E-state index contributed by atoms with van der Waals surface area (Å²) in [4.78, 5) is 2.09. The van der Waals surface area contributed by atoms with Gasteiger partial charge in [-0.1, -0.05) is 12.1 Å². The van der Waals surface area contributed by atoms with Gasteiger partial charge in [0.2, 0.25) is 0 Å². The van der Waals surface area contributed by atoms with Crippen molar-refractivity contribution >= 4 is 5.69 Å². The van der Waals surface area contributed by atoms with Gasteiger partial charge in [0.1, 0.15) is 0 Å². The van der Waals surface area contributed by atoms with Crippen molar-refractivity contribution in [2.24, 2.45) is 12.9 Å². The summed E-state index contributed by atoms with van der Waals surface area (Å²) in [5, 5.41) is 4.38. The maximum Gasteiger partial charge on any atom is 0.0596 e. The third kappa shape index (κ3) is 3.18. The number of nitrogens with zero attached hydrogens (tertiary/aromatic N) is 3. The molecule has 0 aliphatic carbocycles. The molecular weight excluding hydrogens is 250 g/mol. The summed E-state index contributed by atoms with van der Waals surface area (Å²) < 4.78 is 1.91. The summed E-state index contributed by atoms with van der Waals surface area (Å²) in [5.41, 5.74) is 7.45. The fraction of sp³-hybridized carbons (Fsp3) is 0.400. The molecule has 1 heterocycles. The van der Waals surface area contributed by atoms with Crippen molar-refractivity contribution in [2.45, 2.75) is 19.4 Å². The van der Waals surface area contributed by atoms with E-state index in [1.165, 1.54) is 16.9 Å². The Labute approximate surface area is 120 Å².